The Kier molecular flexibility index (Phi) is 7.65. The molecule has 0 radical (unpaired) electrons. The van der Waals surface area contributed by atoms with E-state index >= 15 is 0 Å². The summed E-state index contributed by atoms with van der Waals surface area (Å²) in [5.41, 5.74) is 0.509. The molecular formula is C23H30N2O4. The number of methoxy groups -OCH3 is 1. The van der Waals surface area contributed by atoms with E-state index in [9.17, 15) is 9.59 Å². The summed E-state index contributed by atoms with van der Waals surface area (Å²) >= 11 is 0. The normalized spacial score (nSPS) is 12.0. The highest BCUT2D eigenvalue weighted by molar-refractivity contribution is 5.88. The topological polar surface area (TPSA) is 67.9 Å². The Bertz CT molecular complexity index is 798. The molecule has 0 spiro atoms. The number of carbonyl (C=O) groups is 2. The summed E-state index contributed by atoms with van der Waals surface area (Å²) in [6.45, 7) is 7.60. The molecule has 0 aliphatic carbocycles. The van der Waals surface area contributed by atoms with E-state index in [0.29, 0.717) is 12.3 Å². The number of amides is 2. The zero-order valence-corrected chi connectivity index (χ0v) is 17.8. The summed E-state index contributed by atoms with van der Waals surface area (Å²) in [6.07, 6.45) is 0. The van der Waals surface area contributed by atoms with Crippen molar-refractivity contribution in [1.82, 2.24) is 10.2 Å². The van der Waals surface area contributed by atoms with Crippen LogP contribution >= 0.6 is 0 Å². The van der Waals surface area contributed by atoms with Gasteiger partial charge in [0, 0.05) is 12.1 Å². The van der Waals surface area contributed by atoms with Gasteiger partial charge in [-0.15, -0.1) is 0 Å². The van der Waals surface area contributed by atoms with Gasteiger partial charge in [0.1, 0.15) is 17.5 Å². The Morgan fingerprint density at radius 2 is 1.62 bits per heavy atom. The minimum atomic E-state index is -0.650. The quantitative estimate of drug-likeness (QED) is 0.740. The van der Waals surface area contributed by atoms with Gasteiger partial charge in [0.25, 0.3) is 5.91 Å². The fraction of sp³-hybridized carbons (Fsp3) is 0.391. The van der Waals surface area contributed by atoms with Crippen LogP contribution in [0.1, 0.15) is 33.3 Å². The fourth-order valence-electron chi connectivity index (χ4n) is 2.73. The fourth-order valence-corrected chi connectivity index (χ4v) is 2.73. The van der Waals surface area contributed by atoms with Crippen LogP contribution in [0.4, 0.5) is 0 Å². The first-order chi connectivity index (χ1) is 13.7. The predicted molar refractivity (Wildman–Crippen MR) is 113 cm³/mol. The lowest BCUT2D eigenvalue weighted by Crippen LogP contribution is -2.53. The summed E-state index contributed by atoms with van der Waals surface area (Å²) in [5.74, 6) is 0.870. The third-order valence-corrected chi connectivity index (χ3v) is 4.28. The maximum Gasteiger partial charge on any atom is 0.261 e. The first kappa shape index (κ1) is 22.3. The van der Waals surface area contributed by atoms with E-state index in [4.69, 9.17) is 9.47 Å². The van der Waals surface area contributed by atoms with Gasteiger partial charge >= 0.3 is 0 Å². The van der Waals surface area contributed by atoms with Crippen molar-refractivity contribution in [1.29, 1.82) is 0 Å². The summed E-state index contributed by atoms with van der Waals surface area (Å²) in [5, 5.41) is 2.94. The Morgan fingerprint density at radius 3 is 2.17 bits per heavy atom. The van der Waals surface area contributed by atoms with Crippen LogP contribution in [0.25, 0.3) is 0 Å². The molecule has 6 nitrogen and oxygen atoms in total. The number of para-hydroxylation sites is 1. The Morgan fingerprint density at radius 1 is 1.00 bits per heavy atom. The van der Waals surface area contributed by atoms with E-state index in [1.165, 1.54) is 4.90 Å². The number of benzene rings is 2. The van der Waals surface area contributed by atoms with Crippen LogP contribution in [0.5, 0.6) is 11.5 Å². The van der Waals surface area contributed by atoms with Gasteiger partial charge in [0.05, 0.1) is 7.11 Å². The van der Waals surface area contributed by atoms with Crippen molar-refractivity contribution < 1.29 is 19.1 Å². The lowest BCUT2D eigenvalue weighted by Gasteiger charge is -2.31. The number of carbonyl (C=O) groups excluding carboxylic acids is 2. The lowest BCUT2D eigenvalue weighted by atomic mass is 10.1. The molecule has 0 aliphatic heterocycles. The average Bonchev–Trinajstić information content (AvgIpc) is 2.69. The molecule has 0 aromatic heterocycles. The summed E-state index contributed by atoms with van der Waals surface area (Å²) < 4.78 is 10.8. The van der Waals surface area contributed by atoms with Crippen molar-refractivity contribution in [2.75, 3.05) is 13.7 Å². The molecule has 0 aliphatic rings. The largest absolute Gasteiger partial charge is 0.497 e. The average molecular weight is 399 g/mol. The Hall–Kier alpha value is -3.02. The minimum absolute atomic E-state index is 0.146. The molecule has 29 heavy (non-hydrogen) atoms. The van der Waals surface area contributed by atoms with Gasteiger partial charge in [-0.25, -0.2) is 0 Å². The molecule has 0 saturated carbocycles. The smallest absolute Gasteiger partial charge is 0.261 e. The lowest BCUT2D eigenvalue weighted by molar-refractivity contribution is -0.142. The number of hydrogen-bond donors (Lipinski definition) is 1. The van der Waals surface area contributed by atoms with Crippen LogP contribution < -0.4 is 14.8 Å². The second-order valence-electron chi connectivity index (χ2n) is 7.89. The maximum absolute atomic E-state index is 13.0. The molecule has 2 amide bonds. The summed E-state index contributed by atoms with van der Waals surface area (Å²) in [7, 11) is 1.60. The molecule has 0 unspecified atom stereocenters. The minimum Gasteiger partial charge on any atom is -0.497 e. The molecule has 1 atom stereocenters. The molecule has 0 fully saturated rings. The third kappa shape index (κ3) is 7.14. The molecular weight excluding hydrogens is 368 g/mol. The first-order valence-corrected chi connectivity index (χ1v) is 9.62. The van der Waals surface area contributed by atoms with E-state index in [-0.39, 0.29) is 24.0 Å². The van der Waals surface area contributed by atoms with E-state index < -0.39 is 6.04 Å². The second-order valence-corrected chi connectivity index (χ2v) is 7.89. The standard InChI is InChI=1S/C23H30N2O4/c1-17(22(27)24-23(2,3)4)25(15-18-11-13-19(28-5)14-12-18)21(26)16-29-20-9-7-6-8-10-20/h6-14,17H,15-16H2,1-5H3,(H,24,27)/t17-/m0/s1. The van der Waals surface area contributed by atoms with Crippen molar-refractivity contribution in [2.45, 2.75) is 45.8 Å². The van der Waals surface area contributed by atoms with E-state index in [0.717, 1.165) is 11.3 Å². The highest BCUT2D eigenvalue weighted by Crippen LogP contribution is 2.16. The highest BCUT2D eigenvalue weighted by Gasteiger charge is 2.28. The van der Waals surface area contributed by atoms with Crippen molar-refractivity contribution in [3.63, 3.8) is 0 Å². The van der Waals surface area contributed by atoms with Crippen molar-refractivity contribution in [3.05, 3.63) is 60.2 Å². The van der Waals surface area contributed by atoms with Crippen LogP contribution in [0, 0.1) is 0 Å². The van der Waals surface area contributed by atoms with Crippen molar-refractivity contribution >= 4 is 11.8 Å². The molecule has 2 rings (SSSR count). The highest BCUT2D eigenvalue weighted by atomic mass is 16.5. The summed E-state index contributed by atoms with van der Waals surface area (Å²) in [4.78, 5) is 27.2. The third-order valence-electron chi connectivity index (χ3n) is 4.28. The van der Waals surface area contributed by atoms with Crippen LogP contribution in [0.3, 0.4) is 0 Å². The zero-order chi connectivity index (χ0) is 21.4. The molecule has 0 heterocycles. The predicted octanol–water partition coefficient (Wildman–Crippen LogP) is 3.41. The van der Waals surface area contributed by atoms with Crippen molar-refractivity contribution in [2.24, 2.45) is 0 Å². The Labute approximate surface area is 172 Å². The molecule has 2 aromatic carbocycles. The van der Waals surface area contributed by atoms with Gasteiger partial charge in [0.2, 0.25) is 5.91 Å². The van der Waals surface area contributed by atoms with Crippen LogP contribution in [-0.2, 0) is 16.1 Å². The van der Waals surface area contributed by atoms with Crippen LogP contribution in [-0.4, -0.2) is 42.0 Å². The van der Waals surface area contributed by atoms with Gasteiger partial charge in [-0.05, 0) is 57.5 Å². The number of hydrogen-bond acceptors (Lipinski definition) is 4. The number of rotatable bonds is 8. The van der Waals surface area contributed by atoms with Gasteiger partial charge < -0.3 is 19.7 Å². The van der Waals surface area contributed by atoms with Gasteiger partial charge in [-0.2, -0.15) is 0 Å². The summed E-state index contributed by atoms with van der Waals surface area (Å²) in [6, 6.07) is 15.9. The van der Waals surface area contributed by atoms with Gasteiger partial charge in [-0.3, -0.25) is 9.59 Å². The molecule has 6 heteroatoms. The number of ether oxygens (including phenoxy) is 2. The maximum atomic E-state index is 13.0. The van der Waals surface area contributed by atoms with Gasteiger partial charge in [0.15, 0.2) is 6.61 Å². The molecule has 0 bridgehead atoms. The zero-order valence-electron chi connectivity index (χ0n) is 17.8. The monoisotopic (exact) mass is 398 g/mol. The number of nitrogens with zero attached hydrogens (tertiary/aromatic N) is 1. The van der Waals surface area contributed by atoms with Crippen molar-refractivity contribution in [3.8, 4) is 11.5 Å². The Balaban J connectivity index is 2.16. The van der Waals surface area contributed by atoms with E-state index in [1.54, 1.807) is 26.2 Å². The molecule has 0 saturated heterocycles. The van der Waals surface area contributed by atoms with Crippen LogP contribution in [0.15, 0.2) is 54.6 Å². The number of nitrogens with one attached hydrogen (secondary N) is 1. The molecule has 2 aromatic rings. The van der Waals surface area contributed by atoms with Crippen LogP contribution in [0.2, 0.25) is 0 Å². The molecule has 156 valence electrons. The second kappa shape index (κ2) is 9.96. The van der Waals surface area contributed by atoms with Gasteiger partial charge in [-0.1, -0.05) is 30.3 Å². The first-order valence-electron chi connectivity index (χ1n) is 9.62. The van der Waals surface area contributed by atoms with E-state index in [1.807, 2.05) is 63.2 Å². The molecule has 1 N–H and O–H groups in total. The SMILES string of the molecule is COc1ccc(CN(C(=O)COc2ccccc2)[C@@H](C)C(=O)NC(C)(C)C)cc1. The van der Waals surface area contributed by atoms with E-state index in [2.05, 4.69) is 5.32 Å².